The zero-order chi connectivity index (χ0) is 15.2. The monoisotopic (exact) mass is 287 g/mol. The smallest absolute Gasteiger partial charge is 0.339 e. The standard InChI is InChI=1S/C15H17N3O3/c1-21-15(20)13-9-12(5-4-11(13)3-2-6-16)18-8-7-17-14(19)10-18/h4-5,9H,6-8,10,16H2,1H3,(H,17,19). The molecule has 0 spiro atoms. The summed E-state index contributed by atoms with van der Waals surface area (Å²) in [5.74, 6) is 5.08. The summed E-state index contributed by atoms with van der Waals surface area (Å²) in [6.45, 7) is 1.77. The van der Waals surface area contributed by atoms with Crippen LogP contribution in [0.1, 0.15) is 15.9 Å². The Kier molecular flexibility index (Phi) is 4.80. The van der Waals surface area contributed by atoms with Crippen LogP contribution in [0.15, 0.2) is 18.2 Å². The molecule has 1 amide bonds. The maximum absolute atomic E-state index is 11.9. The highest BCUT2D eigenvalue weighted by Crippen LogP contribution is 2.20. The van der Waals surface area contributed by atoms with Crippen molar-refractivity contribution in [2.75, 3.05) is 38.2 Å². The lowest BCUT2D eigenvalue weighted by Crippen LogP contribution is -2.47. The average molecular weight is 287 g/mol. The number of nitrogens with one attached hydrogen (secondary N) is 1. The van der Waals surface area contributed by atoms with E-state index in [1.165, 1.54) is 7.11 Å². The minimum Gasteiger partial charge on any atom is -0.465 e. The molecule has 0 saturated carbocycles. The molecule has 6 nitrogen and oxygen atoms in total. The predicted molar refractivity (Wildman–Crippen MR) is 78.9 cm³/mol. The van der Waals surface area contributed by atoms with E-state index >= 15 is 0 Å². The van der Waals surface area contributed by atoms with Crippen LogP contribution in [-0.4, -0.2) is 45.2 Å². The third-order valence-corrected chi connectivity index (χ3v) is 3.14. The zero-order valence-electron chi connectivity index (χ0n) is 11.8. The van der Waals surface area contributed by atoms with E-state index in [1.54, 1.807) is 12.1 Å². The van der Waals surface area contributed by atoms with Crippen molar-refractivity contribution in [3.05, 3.63) is 29.3 Å². The lowest BCUT2D eigenvalue weighted by atomic mass is 10.1. The third kappa shape index (κ3) is 3.52. The number of anilines is 1. The van der Waals surface area contributed by atoms with Crippen molar-refractivity contribution in [1.82, 2.24) is 5.32 Å². The fourth-order valence-electron chi connectivity index (χ4n) is 2.12. The number of methoxy groups -OCH3 is 1. The molecule has 0 aliphatic carbocycles. The second-order valence-electron chi connectivity index (χ2n) is 4.50. The van der Waals surface area contributed by atoms with Crippen LogP contribution >= 0.6 is 0 Å². The molecular formula is C15H17N3O3. The van der Waals surface area contributed by atoms with Crippen molar-refractivity contribution >= 4 is 17.6 Å². The van der Waals surface area contributed by atoms with Gasteiger partial charge >= 0.3 is 5.97 Å². The molecule has 1 aliphatic heterocycles. The van der Waals surface area contributed by atoms with Crippen molar-refractivity contribution in [1.29, 1.82) is 0 Å². The average Bonchev–Trinajstić information content (AvgIpc) is 2.52. The molecule has 1 aromatic carbocycles. The highest BCUT2D eigenvalue weighted by molar-refractivity contribution is 5.94. The van der Waals surface area contributed by atoms with Crippen LogP contribution < -0.4 is 16.0 Å². The fourth-order valence-corrected chi connectivity index (χ4v) is 2.12. The molecule has 1 heterocycles. The van der Waals surface area contributed by atoms with E-state index in [2.05, 4.69) is 17.2 Å². The zero-order valence-corrected chi connectivity index (χ0v) is 11.8. The molecule has 0 bridgehead atoms. The second kappa shape index (κ2) is 6.77. The van der Waals surface area contributed by atoms with Crippen LogP contribution in [0.4, 0.5) is 5.69 Å². The summed E-state index contributed by atoms with van der Waals surface area (Å²) < 4.78 is 4.78. The van der Waals surface area contributed by atoms with Gasteiger partial charge in [0.1, 0.15) is 0 Å². The van der Waals surface area contributed by atoms with E-state index in [9.17, 15) is 9.59 Å². The van der Waals surface area contributed by atoms with Crippen LogP contribution in [0.25, 0.3) is 0 Å². The number of benzene rings is 1. The van der Waals surface area contributed by atoms with Gasteiger partial charge in [-0.3, -0.25) is 4.79 Å². The molecule has 1 fully saturated rings. The molecule has 21 heavy (non-hydrogen) atoms. The van der Waals surface area contributed by atoms with Crippen molar-refractivity contribution in [3.8, 4) is 11.8 Å². The van der Waals surface area contributed by atoms with Gasteiger partial charge in [0.25, 0.3) is 0 Å². The molecule has 0 atom stereocenters. The molecule has 2 rings (SSSR count). The summed E-state index contributed by atoms with van der Waals surface area (Å²) in [5, 5.41) is 2.76. The van der Waals surface area contributed by atoms with Gasteiger partial charge in [-0.25, -0.2) is 4.79 Å². The van der Waals surface area contributed by atoms with E-state index in [0.29, 0.717) is 24.2 Å². The summed E-state index contributed by atoms with van der Waals surface area (Å²) in [7, 11) is 1.32. The van der Waals surface area contributed by atoms with Crippen molar-refractivity contribution in [3.63, 3.8) is 0 Å². The van der Waals surface area contributed by atoms with E-state index in [1.807, 2.05) is 11.0 Å². The molecule has 110 valence electrons. The Morgan fingerprint density at radius 1 is 1.52 bits per heavy atom. The number of esters is 1. The Morgan fingerprint density at radius 2 is 2.33 bits per heavy atom. The summed E-state index contributed by atoms with van der Waals surface area (Å²) in [6.07, 6.45) is 0. The van der Waals surface area contributed by atoms with Crippen LogP contribution in [0.2, 0.25) is 0 Å². The summed E-state index contributed by atoms with van der Waals surface area (Å²) in [6, 6.07) is 5.29. The van der Waals surface area contributed by atoms with E-state index in [0.717, 1.165) is 5.69 Å². The van der Waals surface area contributed by atoms with Gasteiger partial charge in [-0.15, -0.1) is 0 Å². The number of carbonyl (C=O) groups is 2. The number of piperazine rings is 1. The maximum atomic E-state index is 11.9. The Morgan fingerprint density at radius 3 is 3.00 bits per heavy atom. The molecule has 0 radical (unpaired) electrons. The predicted octanol–water partition coefficient (Wildman–Crippen LogP) is -0.280. The number of ether oxygens (including phenoxy) is 1. The quantitative estimate of drug-likeness (QED) is 0.577. The first-order chi connectivity index (χ1) is 10.2. The molecular weight excluding hydrogens is 270 g/mol. The SMILES string of the molecule is COC(=O)c1cc(N2CCNC(=O)C2)ccc1C#CCN. The molecule has 3 N–H and O–H groups in total. The summed E-state index contributed by atoms with van der Waals surface area (Å²) in [4.78, 5) is 25.2. The number of nitrogens with two attached hydrogens (primary N) is 1. The van der Waals surface area contributed by atoms with E-state index in [-0.39, 0.29) is 19.0 Å². The molecule has 1 aromatic rings. The van der Waals surface area contributed by atoms with Crippen LogP contribution in [0.3, 0.4) is 0 Å². The number of hydrogen-bond acceptors (Lipinski definition) is 5. The highest BCUT2D eigenvalue weighted by atomic mass is 16.5. The highest BCUT2D eigenvalue weighted by Gasteiger charge is 2.19. The van der Waals surface area contributed by atoms with Crippen LogP contribution in [-0.2, 0) is 9.53 Å². The lowest BCUT2D eigenvalue weighted by molar-refractivity contribution is -0.120. The van der Waals surface area contributed by atoms with Gasteiger partial charge in [-0.2, -0.15) is 0 Å². The van der Waals surface area contributed by atoms with Gasteiger partial charge in [0.05, 0.1) is 25.8 Å². The minimum atomic E-state index is -0.459. The number of rotatable bonds is 2. The van der Waals surface area contributed by atoms with E-state index in [4.69, 9.17) is 10.5 Å². The molecule has 0 unspecified atom stereocenters. The van der Waals surface area contributed by atoms with E-state index < -0.39 is 5.97 Å². The summed E-state index contributed by atoms with van der Waals surface area (Å²) in [5.41, 5.74) is 7.09. The first-order valence-corrected chi connectivity index (χ1v) is 6.58. The van der Waals surface area contributed by atoms with Crippen LogP contribution in [0, 0.1) is 11.8 Å². The van der Waals surface area contributed by atoms with Gasteiger partial charge in [0.15, 0.2) is 0 Å². The fraction of sp³-hybridized carbons (Fsp3) is 0.333. The maximum Gasteiger partial charge on any atom is 0.339 e. The largest absolute Gasteiger partial charge is 0.465 e. The Bertz CT molecular complexity index is 616. The Labute approximate surface area is 123 Å². The Balaban J connectivity index is 2.36. The minimum absolute atomic E-state index is 0.0344. The summed E-state index contributed by atoms with van der Waals surface area (Å²) >= 11 is 0. The second-order valence-corrected chi connectivity index (χ2v) is 4.50. The van der Waals surface area contributed by atoms with Crippen molar-refractivity contribution in [2.24, 2.45) is 5.73 Å². The third-order valence-electron chi connectivity index (χ3n) is 3.14. The first kappa shape index (κ1) is 14.9. The van der Waals surface area contributed by atoms with Crippen molar-refractivity contribution < 1.29 is 14.3 Å². The molecule has 1 saturated heterocycles. The van der Waals surface area contributed by atoms with Crippen molar-refractivity contribution in [2.45, 2.75) is 0 Å². The van der Waals surface area contributed by atoms with Gasteiger partial charge in [-0.1, -0.05) is 11.8 Å². The normalized spacial score (nSPS) is 14.0. The number of amides is 1. The molecule has 0 aromatic heterocycles. The lowest BCUT2D eigenvalue weighted by Gasteiger charge is -2.29. The number of hydrogen-bond donors (Lipinski definition) is 2. The topological polar surface area (TPSA) is 84.7 Å². The number of carbonyl (C=O) groups excluding carboxylic acids is 2. The van der Waals surface area contributed by atoms with Gasteiger partial charge in [0, 0.05) is 24.3 Å². The van der Waals surface area contributed by atoms with Gasteiger partial charge < -0.3 is 20.7 Å². The molecule has 1 aliphatic rings. The molecule has 6 heteroatoms. The van der Waals surface area contributed by atoms with Crippen LogP contribution in [0.5, 0.6) is 0 Å². The van der Waals surface area contributed by atoms with Gasteiger partial charge in [0.2, 0.25) is 5.91 Å². The Hall–Kier alpha value is -2.52. The first-order valence-electron chi connectivity index (χ1n) is 6.58. The number of nitrogens with zero attached hydrogens (tertiary/aromatic N) is 1. The van der Waals surface area contributed by atoms with Gasteiger partial charge in [-0.05, 0) is 18.2 Å².